The number of hydrogen-bond acceptors (Lipinski definition) is 3. The minimum Gasteiger partial charge on any atom is -0.229 e. The Balaban J connectivity index is 2.68. The van der Waals surface area contributed by atoms with Crippen molar-refractivity contribution in [2.75, 3.05) is 0 Å². The average molecular weight is 180 g/mol. The van der Waals surface area contributed by atoms with Gasteiger partial charge in [0.2, 0.25) is 5.84 Å². The highest BCUT2D eigenvalue weighted by Gasteiger charge is 2.21. The number of benzene rings is 1. The standard InChI is InChI=1S/C7H4N2O2S/c10-8-7-5-3-1-2-4-6(5)12(11)9-7/h1-4H. The lowest BCUT2D eigenvalue weighted by atomic mass is 10.2. The second-order valence-corrected chi connectivity index (χ2v) is 3.37. The van der Waals surface area contributed by atoms with Gasteiger partial charge in [-0.05, 0) is 17.3 Å². The van der Waals surface area contributed by atoms with Crippen molar-refractivity contribution < 1.29 is 4.21 Å². The fourth-order valence-electron chi connectivity index (χ4n) is 1.05. The highest BCUT2D eigenvalue weighted by Crippen LogP contribution is 2.22. The molecule has 1 heterocycles. The first-order chi connectivity index (χ1) is 5.83. The van der Waals surface area contributed by atoms with Gasteiger partial charge in [-0.25, -0.2) is 4.21 Å². The topological polar surface area (TPSA) is 58.9 Å². The van der Waals surface area contributed by atoms with Gasteiger partial charge in [0.05, 0.1) is 4.90 Å². The van der Waals surface area contributed by atoms with E-state index in [-0.39, 0.29) is 5.84 Å². The van der Waals surface area contributed by atoms with Gasteiger partial charge in [-0.15, -0.1) is 4.91 Å². The van der Waals surface area contributed by atoms with Gasteiger partial charge in [-0.2, -0.15) is 4.40 Å². The molecule has 2 rings (SSSR count). The van der Waals surface area contributed by atoms with E-state index < -0.39 is 11.0 Å². The molecular weight excluding hydrogens is 176 g/mol. The van der Waals surface area contributed by atoms with Crippen molar-refractivity contribution in [2.45, 2.75) is 4.90 Å². The maximum atomic E-state index is 11.2. The lowest BCUT2D eigenvalue weighted by Crippen LogP contribution is -1.90. The Morgan fingerprint density at radius 2 is 2.08 bits per heavy atom. The van der Waals surface area contributed by atoms with Crippen LogP contribution in [0.15, 0.2) is 38.7 Å². The number of amidine groups is 1. The van der Waals surface area contributed by atoms with Crippen LogP contribution in [-0.4, -0.2) is 10.0 Å². The third-order valence-electron chi connectivity index (χ3n) is 1.57. The summed E-state index contributed by atoms with van der Waals surface area (Å²) in [5.41, 5.74) is 0.575. The molecule has 60 valence electrons. The molecule has 1 aromatic carbocycles. The Bertz CT molecular complexity index is 400. The van der Waals surface area contributed by atoms with Gasteiger partial charge in [0.25, 0.3) is 0 Å². The molecule has 1 atom stereocenters. The van der Waals surface area contributed by atoms with Crippen LogP contribution in [0.25, 0.3) is 0 Å². The second kappa shape index (κ2) is 2.60. The molecule has 0 fully saturated rings. The summed E-state index contributed by atoms with van der Waals surface area (Å²) in [6.45, 7) is 0. The van der Waals surface area contributed by atoms with E-state index in [1.165, 1.54) is 0 Å². The molecular formula is C7H4N2O2S. The van der Waals surface area contributed by atoms with Gasteiger partial charge in [0.15, 0.2) is 11.0 Å². The molecule has 1 aliphatic heterocycles. The Kier molecular flexibility index (Phi) is 1.58. The van der Waals surface area contributed by atoms with Crippen LogP contribution in [0, 0.1) is 4.91 Å². The van der Waals surface area contributed by atoms with Crippen LogP contribution in [0.3, 0.4) is 0 Å². The number of fused-ring (bicyclic) bond motifs is 1. The quantitative estimate of drug-likeness (QED) is 0.564. The molecule has 0 radical (unpaired) electrons. The second-order valence-electron chi connectivity index (χ2n) is 2.25. The van der Waals surface area contributed by atoms with Gasteiger partial charge >= 0.3 is 0 Å². The molecule has 5 heteroatoms. The van der Waals surface area contributed by atoms with E-state index in [2.05, 4.69) is 9.57 Å². The molecule has 0 N–H and O–H groups in total. The highest BCUT2D eigenvalue weighted by molar-refractivity contribution is 7.84. The third kappa shape index (κ3) is 0.902. The van der Waals surface area contributed by atoms with Crippen molar-refractivity contribution >= 4 is 16.8 Å². The minimum absolute atomic E-state index is 0.0314. The molecule has 0 amide bonds. The average Bonchev–Trinajstić information content (AvgIpc) is 2.44. The van der Waals surface area contributed by atoms with E-state index >= 15 is 0 Å². The van der Waals surface area contributed by atoms with Crippen LogP contribution >= 0.6 is 0 Å². The van der Waals surface area contributed by atoms with Gasteiger partial charge < -0.3 is 0 Å². The van der Waals surface area contributed by atoms with E-state index in [4.69, 9.17) is 0 Å². The molecule has 1 aromatic rings. The first-order valence-electron chi connectivity index (χ1n) is 3.26. The summed E-state index contributed by atoms with van der Waals surface area (Å²) in [6.07, 6.45) is 0. The van der Waals surface area contributed by atoms with Crippen LogP contribution in [0.2, 0.25) is 0 Å². The number of nitrogens with zero attached hydrogens (tertiary/aromatic N) is 2. The number of nitroso groups, excluding NO2 is 1. The predicted octanol–water partition coefficient (Wildman–Crippen LogP) is 1.24. The van der Waals surface area contributed by atoms with E-state index in [1.807, 2.05) is 0 Å². The largest absolute Gasteiger partial charge is 0.229 e. The van der Waals surface area contributed by atoms with Gasteiger partial charge in [-0.1, -0.05) is 12.1 Å². The molecule has 1 aliphatic rings. The molecule has 0 bridgehead atoms. The molecule has 0 saturated heterocycles. The SMILES string of the molecule is O=NC1=NS(=O)c2ccccc21. The van der Waals surface area contributed by atoms with E-state index in [0.717, 1.165) is 0 Å². The van der Waals surface area contributed by atoms with Crippen LogP contribution < -0.4 is 0 Å². The fraction of sp³-hybridized carbons (Fsp3) is 0. The predicted molar refractivity (Wildman–Crippen MR) is 45.2 cm³/mol. The lowest BCUT2D eigenvalue weighted by Gasteiger charge is -1.91. The zero-order chi connectivity index (χ0) is 8.55. The highest BCUT2D eigenvalue weighted by atomic mass is 32.2. The van der Waals surface area contributed by atoms with Crippen molar-refractivity contribution in [3.8, 4) is 0 Å². The zero-order valence-corrected chi connectivity index (χ0v) is 6.75. The van der Waals surface area contributed by atoms with Crippen LogP contribution in [0.4, 0.5) is 0 Å². The number of rotatable bonds is 0. The Morgan fingerprint density at radius 1 is 1.33 bits per heavy atom. The lowest BCUT2D eigenvalue weighted by molar-refractivity contribution is 0.685. The Hall–Kier alpha value is -1.36. The van der Waals surface area contributed by atoms with Crippen molar-refractivity contribution in [2.24, 2.45) is 9.57 Å². The van der Waals surface area contributed by atoms with E-state index in [1.54, 1.807) is 24.3 Å². The van der Waals surface area contributed by atoms with Gasteiger partial charge in [-0.3, -0.25) is 0 Å². The molecule has 0 aliphatic carbocycles. The third-order valence-corrected chi connectivity index (χ3v) is 2.64. The van der Waals surface area contributed by atoms with Gasteiger partial charge in [0, 0.05) is 5.56 Å². The summed E-state index contributed by atoms with van der Waals surface area (Å²) in [4.78, 5) is 10.8. The van der Waals surface area contributed by atoms with E-state index in [9.17, 15) is 9.12 Å². The first kappa shape index (κ1) is 7.30. The molecule has 12 heavy (non-hydrogen) atoms. The fourth-order valence-corrected chi connectivity index (χ4v) is 1.98. The maximum Gasteiger partial charge on any atom is 0.215 e. The summed E-state index contributed by atoms with van der Waals surface area (Å²) in [6, 6.07) is 6.86. The summed E-state index contributed by atoms with van der Waals surface area (Å²) >= 11 is 0. The summed E-state index contributed by atoms with van der Waals surface area (Å²) in [5, 5.41) is 2.69. The zero-order valence-electron chi connectivity index (χ0n) is 5.93. The van der Waals surface area contributed by atoms with E-state index in [0.29, 0.717) is 10.5 Å². The van der Waals surface area contributed by atoms with Crippen molar-refractivity contribution in [1.29, 1.82) is 0 Å². The van der Waals surface area contributed by atoms with Crippen LogP contribution in [0.1, 0.15) is 5.56 Å². The summed E-state index contributed by atoms with van der Waals surface area (Å²) in [7, 11) is -1.43. The smallest absolute Gasteiger partial charge is 0.215 e. The minimum atomic E-state index is -1.43. The summed E-state index contributed by atoms with van der Waals surface area (Å²) in [5.74, 6) is 0.0314. The first-order valence-corrected chi connectivity index (χ1v) is 4.37. The van der Waals surface area contributed by atoms with Crippen LogP contribution in [-0.2, 0) is 11.0 Å². The normalized spacial score (nSPS) is 20.0. The Morgan fingerprint density at radius 3 is 2.83 bits per heavy atom. The molecule has 0 saturated carbocycles. The Labute approximate surface area is 70.9 Å². The van der Waals surface area contributed by atoms with Crippen molar-refractivity contribution in [3.05, 3.63) is 34.7 Å². The monoisotopic (exact) mass is 180 g/mol. The number of hydrogen-bond donors (Lipinski definition) is 0. The molecule has 0 aromatic heterocycles. The maximum absolute atomic E-state index is 11.2. The van der Waals surface area contributed by atoms with Crippen LogP contribution in [0.5, 0.6) is 0 Å². The summed E-state index contributed by atoms with van der Waals surface area (Å²) < 4.78 is 14.7. The van der Waals surface area contributed by atoms with Crippen molar-refractivity contribution in [3.63, 3.8) is 0 Å². The molecule has 1 unspecified atom stereocenters. The molecule has 0 spiro atoms. The van der Waals surface area contributed by atoms with Crippen molar-refractivity contribution in [1.82, 2.24) is 0 Å². The molecule has 4 nitrogen and oxygen atoms in total. The van der Waals surface area contributed by atoms with Gasteiger partial charge in [0.1, 0.15) is 0 Å².